The largest absolute Gasteiger partial charge is 0.339 e. The van der Waals surface area contributed by atoms with Gasteiger partial charge < -0.3 is 10.3 Å². The Kier molecular flexibility index (Phi) is 2.99. The summed E-state index contributed by atoms with van der Waals surface area (Å²) >= 11 is 0. The van der Waals surface area contributed by atoms with E-state index in [2.05, 4.69) is 35.8 Å². The summed E-state index contributed by atoms with van der Waals surface area (Å²) in [5.41, 5.74) is 5.77. The molecule has 1 aromatic rings. The lowest BCUT2D eigenvalue weighted by molar-refractivity contribution is 0.296. The molecule has 0 aliphatic carbocycles. The monoisotopic (exact) mass is 224 g/mol. The summed E-state index contributed by atoms with van der Waals surface area (Å²) in [6, 6.07) is 0.300. The van der Waals surface area contributed by atoms with Crippen LogP contribution >= 0.6 is 0 Å². The van der Waals surface area contributed by atoms with Gasteiger partial charge in [-0.05, 0) is 6.42 Å². The Balaban J connectivity index is 1.98. The molecule has 1 saturated heterocycles. The number of aromatic nitrogens is 2. The van der Waals surface area contributed by atoms with Crippen LogP contribution in [0.15, 0.2) is 4.52 Å². The van der Waals surface area contributed by atoms with E-state index < -0.39 is 0 Å². The molecule has 5 heteroatoms. The molecule has 0 amide bonds. The molecule has 1 aliphatic heterocycles. The summed E-state index contributed by atoms with van der Waals surface area (Å²) in [6.45, 7) is 8.90. The van der Waals surface area contributed by atoms with Crippen LogP contribution in [0.3, 0.4) is 0 Å². The molecule has 0 spiro atoms. The highest BCUT2D eigenvalue weighted by molar-refractivity contribution is 4.98. The van der Waals surface area contributed by atoms with E-state index in [1.165, 1.54) is 0 Å². The molecule has 2 rings (SSSR count). The zero-order valence-electron chi connectivity index (χ0n) is 10.2. The molecule has 1 aromatic heterocycles. The highest BCUT2D eigenvalue weighted by atomic mass is 16.5. The van der Waals surface area contributed by atoms with Crippen LogP contribution in [0, 0.1) is 0 Å². The van der Waals surface area contributed by atoms with E-state index in [1.807, 2.05) is 0 Å². The Bertz CT molecular complexity index is 355. The molecule has 0 unspecified atom stereocenters. The summed E-state index contributed by atoms with van der Waals surface area (Å²) in [4.78, 5) is 6.68. The Morgan fingerprint density at radius 2 is 2.25 bits per heavy atom. The third-order valence-corrected chi connectivity index (χ3v) is 2.78. The molecular formula is C11H20N4O. The van der Waals surface area contributed by atoms with Crippen molar-refractivity contribution in [3.05, 3.63) is 11.7 Å². The van der Waals surface area contributed by atoms with Gasteiger partial charge in [0.25, 0.3) is 0 Å². The second-order valence-electron chi connectivity index (χ2n) is 5.55. The molecule has 2 N–H and O–H groups in total. The molecule has 0 radical (unpaired) electrons. The molecular weight excluding hydrogens is 204 g/mol. The van der Waals surface area contributed by atoms with E-state index in [1.54, 1.807) is 0 Å². The summed E-state index contributed by atoms with van der Waals surface area (Å²) in [5, 5.41) is 4.00. The predicted molar refractivity (Wildman–Crippen MR) is 60.9 cm³/mol. The molecule has 0 saturated carbocycles. The van der Waals surface area contributed by atoms with Gasteiger partial charge in [0.15, 0.2) is 5.82 Å². The van der Waals surface area contributed by atoms with Crippen LogP contribution in [0.5, 0.6) is 0 Å². The van der Waals surface area contributed by atoms with Crippen molar-refractivity contribution in [2.24, 2.45) is 5.73 Å². The summed E-state index contributed by atoms with van der Waals surface area (Å²) in [6.07, 6.45) is 1.06. The zero-order chi connectivity index (χ0) is 11.8. The first kappa shape index (κ1) is 11.5. The lowest BCUT2D eigenvalue weighted by Crippen LogP contribution is -2.26. The maximum Gasteiger partial charge on any atom is 0.232 e. The molecule has 1 fully saturated rings. The summed E-state index contributed by atoms with van der Waals surface area (Å²) in [5.74, 6) is 1.46. The first-order valence-electron chi connectivity index (χ1n) is 5.76. The normalized spacial score (nSPS) is 22.9. The molecule has 90 valence electrons. The first-order valence-corrected chi connectivity index (χ1v) is 5.76. The van der Waals surface area contributed by atoms with Crippen molar-refractivity contribution in [3.8, 4) is 0 Å². The minimum atomic E-state index is -0.0767. The van der Waals surface area contributed by atoms with Gasteiger partial charge in [0.05, 0.1) is 6.54 Å². The first-order chi connectivity index (χ1) is 7.45. The van der Waals surface area contributed by atoms with Crippen molar-refractivity contribution >= 4 is 0 Å². The number of hydrogen-bond donors (Lipinski definition) is 1. The van der Waals surface area contributed by atoms with E-state index in [9.17, 15) is 0 Å². The number of nitrogens with two attached hydrogens (primary N) is 1. The highest BCUT2D eigenvalue weighted by Crippen LogP contribution is 2.20. The van der Waals surface area contributed by atoms with Gasteiger partial charge in [0, 0.05) is 24.5 Å². The minimum Gasteiger partial charge on any atom is -0.339 e. The second-order valence-corrected chi connectivity index (χ2v) is 5.55. The lowest BCUT2D eigenvalue weighted by Gasteiger charge is -2.12. The van der Waals surface area contributed by atoms with E-state index in [4.69, 9.17) is 10.3 Å². The zero-order valence-corrected chi connectivity index (χ0v) is 10.2. The maximum absolute atomic E-state index is 5.85. The molecule has 16 heavy (non-hydrogen) atoms. The van der Waals surface area contributed by atoms with Crippen molar-refractivity contribution in [2.45, 2.75) is 45.2 Å². The van der Waals surface area contributed by atoms with Gasteiger partial charge in [-0.3, -0.25) is 4.90 Å². The van der Waals surface area contributed by atoms with Gasteiger partial charge in [0.2, 0.25) is 5.89 Å². The predicted octanol–water partition coefficient (Wildman–Crippen LogP) is 0.900. The van der Waals surface area contributed by atoms with Crippen molar-refractivity contribution in [1.82, 2.24) is 15.0 Å². The van der Waals surface area contributed by atoms with Crippen LogP contribution in [-0.2, 0) is 12.0 Å². The standard InChI is InChI=1S/C11H20N4O/c1-11(2,3)10-13-9(14-16-10)7-15-5-4-8(12)6-15/h8H,4-7,12H2,1-3H3/t8-/m1/s1. The molecule has 5 nitrogen and oxygen atoms in total. The number of rotatable bonds is 2. The van der Waals surface area contributed by atoms with Crippen LogP contribution in [0.1, 0.15) is 38.9 Å². The fourth-order valence-electron chi connectivity index (χ4n) is 1.83. The van der Waals surface area contributed by atoms with Crippen LogP contribution in [0.25, 0.3) is 0 Å². The summed E-state index contributed by atoms with van der Waals surface area (Å²) < 4.78 is 5.25. The Morgan fingerprint density at radius 3 is 2.75 bits per heavy atom. The second kappa shape index (κ2) is 4.14. The van der Waals surface area contributed by atoms with Crippen LogP contribution in [0.2, 0.25) is 0 Å². The molecule has 1 atom stereocenters. The quantitative estimate of drug-likeness (QED) is 0.808. The molecule has 2 heterocycles. The lowest BCUT2D eigenvalue weighted by atomic mass is 9.97. The fraction of sp³-hybridized carbons (Fsp3) is 0.818. The average Bonchev–Trinajstić information content (AvgIpc) is 2.74. The number of nitrogens with zero attached hydrogens (tertiary/aromatic N) is 3. The van der Waals surface area contributed by atoms with E-state index >= 15 is 0 Å². The average molecular weight is 224 g/mol. The van der Waals surface area contributed by atoms with Crippen molar-refractivity contribution < 1.29 is 4.52 Å². The maximum atomic E-state index is 5.85. The van der Waals surface area contributed by atoms with Crippen LogP contribution < -0.4 is 5.73 Å². The molecule has 0 aromatic carbocycles. The van der Waals surface area contributed by atoms with Crippen molar-refractivity contribution in [2.75, 3.05) is 13.1 Å². The third-order valence-electron chi connectivity index (χ3n) is 2.78. The van der Waals surface area contributed by atoms with Crippen LogP contribution in [0.4, 0.5) is 0 Å². The van der Waals surface area contributed by atoms with Crippen molar-refractivity contribution in [3.63, 3.8) is 0 Å². The number of hydrogen-bond acceptors (Lipinski definition) is 5. The van der Waals surface area contributed by atoms with E-state index in [0.717, 1.165) is 31.9 Å². The third kappa shape index (κ3) is 2.59. The molecule has 1 aliphatic rings. The van der Waals surface area contributed by atoms with Gasteiger partial charge in [0.1, 0.15) is 0 Å². The molecule has 0 bridgehead atoms. The Hall–Kier alpha value is -0.940. The topological polar surface area (TPSA) is 68.2 Å². The van der Waals surface area contributed by atoms with Gasteiger partial charge in [-0.25, -0.2) is 0 Å². The van der Waals surface area contributed by atoms with Gasteiger partial charge >= 0.3 is 0 Å². The van der Waals surface area contributed by atoms with Gasteiger partial charge in [-0.2, -0.15) is 4.98 Å². The highest BCUT2D eigenvalue weighted by Gasteiger charge is 2.24. The summed E-state index contributed by atoms with van der Waals surface area (Å²) in [7, 11) is 0. The smallest absolute Gasteiger partial charge is 0.232 e. The minimum absolute atomic E-state index is 0.0767. The van der Waals surface area contributed by atoms with Gasteiger partial charge in [-0.1, -0.05) is 25.9 Å². The van der Waals surface area contributed by atoms with E-state index in [-0.39, 0.29) is 5.41 Å². The number of likely N-dealkylation sites (tertiary alicyclic amines) is 1. The van der Waals surface area contributed by atoms with Crippen molar-refractivity contribution in [1.29, 1.82) is 0 Å². The Labute approximate surface area is 96.0 Å². The van der Waals surface area contributed by atoms with Gasteiger partial charge in [-0.15, -0.1) is 0 Å². The SMILES string of the molecule is CC(C)(C)c1nc(CN2CC[C@@H](N)C2)no1. The Morgan fingerprint density at radius 1 is 1.50 bits per heavy atom. The van der Waals surface area contributed by atoms with E-state index in [0.29, 0.717) is 11.9 Å². The van der Waals surface area contributed by atoms with Crippen LogP contribution in [-0.4, -0.2) is 34.2 Å². The fourth-order valence-corrected chi connectivity index (χ4v) is 1.83.